The molecule has 2 N–H and O–H groups in total. The summed E-state index contributed by atoms with van der Waals surface area (Å²) in [6.45, 7) is 3.90. The maximum Gasteiger partial charge on any atom is 0.197 e. The first-order valence-electron chi connectivity index (χ1n) is 9.78. The quantitative estimate of drug-likeness (QED) is 0.322. The average molecular weight is 538 g/mol. The number of carbonyl (C=O) groups excluding carboxylic acids is 2. The van der Waals surface area contributed by atoms with Gasteiger partial charge in [-0.05, 0) is 62.5 Å². The lowest BCUT2D eigenvalue weighted by atomic mass is 9.97. The van der Waals surface area contributed by atoms with Gasteiger partial charge in [0.25, 0.3) is 0 Å². The molecule has 3 aromatic rings. The van der Waals surface area contributed by atoms with Crippen LogP contribution in [-0.4, -0.2) is 21.8 Å². The number of phenolic OH excluding ortho intramolecular Hbond substituents is 2. The lowest BCUT2D eigenvalue weighted by Crippen LogP contribution is -2.04. The SMILES string of the molecule is CCCCC(=O)Cc1cc2oc(CC)c(C(=O)c3cc(Br)c(O)c(Br)c3)c2cc1O. The van der Waals surface area contributed by atoms with E-state index in [2.05, 4.69) is 31.9 Å². The number of aryl methyl sites for hydroxylation is 1. The summed E-state index contributed by atoms with van der Waals surface area (Å²) in [6.07, 6.45) is 2.84. The molecule has 0 fully saturated rings. The van der Waals surface area contributed by atoms with E-state index in [1.165, 1.54) is 6.07 Å². The predicted molar refractivity (Wildman–Crippen MR) is 122 cm³/mol. The van der Waals surface area contributed by atoms with E-state index in [4.69, 9.17) is 4.42 Å². The summed E-state index contributed by atoms with van der Waals surface area (Å²) in [6, 6.07) is 6.23. The minimum Gasteiger partial charge on any atom is -0.508 e. The number of carbonyl (C=O) groups is 2. The van der Waals surface area contributed by atoms with Gasteiger partial charge in [-0.15, -0.1) is 0 Å². The molecule has 0 radical (unpaired) electrons. The van der Waals surface area contributed by atoms with Gasteiger partial charge < -0.3 is 14.6 Å². The van der Waals surface area contributed by atoms with Gasteiger partial charge in [0.15, 0.2) is 5.78 Å². The summed E-state index contributed by atoms with van der Waals surface area (Å²) in [5.41, 5.74) is 1.69. The Bertz CT molecular complexity index is 1110. The molecular formula is C23H22Br2O5. The third-order valence-corrected chi connectivity index (χ3v) is 6.20. The molecule has 0 saturated heterocycles. The molecule has 1 aromatic heterocycles. The standard InChI is InChI=1S/C23H22Br2O5/c1-3-5-6-14(26)7-12-10-20-15(11-18(12)27)21(19(4-2)30-20)22(28)13-8-16(24)23(29)17(25)9-13/h8-11,27,29H,3-7H2,1-2H3. The van der Waals surface area contributed by atoms with Gasteiger partial charge in [0, 0.05) is 35.8 Å². The third-order valence-electron chi connectivity index (χ3n) is 4.99. The zero-order valence-corrected chi connectivity index (χ0v) is 19.9. The topological polar surface area (TPSA) is 87.7 Å². The van der Waals surface area contributed by atoms with E-state index in [0.717, 1.165) is 12.8 Å². The minimum absolute atomic E-state index is 0.00865. The number of rotatable bonds is 8. The molecule has 0 amide bonds. The Labute approximate surface area is 191 Å². The van der Waals surface area contributed by atoms with Crippen molar-refractivity contribution in [2.24, 2.45) is 0 Å². The molecule has 3 rings (SSSR count). The molecule has 2 aromatic carbocycles. The summed E-state index contributed by atoms with van der Waals surface area (Å²) in [5, 5.41) is 20.9. The summed E-state index contributed by atoms with van der Waals surface area (Å²) in [4.78, 5) is 25.4. The molecule has 30 heavy (non-hydrogen) atoms. The maximum atomic E-state index is 13.3. The molecule has 0 unspecified atom stereocenters. The van der Waals surface area contributed by atoms with Crippen molar-refractivity contribution in [2.75, 3.05) is 0 Å². The van der Waals surface area contributed by atoms with Gasteiger partial charge >= 0.3 is 0 Å². The Kier molecular flexibility index (Phi) is 7.03. The molecule has 0 aliphatic heterocycles. The third kappa shape index (κ3) is 4.47. The molecule has 0 atom stereocenters. The normalized spacial score (nSPS) is 11.2. The molecule has 0 spiro atoms. The fraction of sp³-hybridized carbons (Fsp3) is 0.304. The molecule has 0 aliphatic carbocycles. The predicted octanol–water partition coefficient (Wildman–Crippen LogP) is 6.46. The van der Waals surface area contributed by atoms with Crippen LogP contribution in [0.2, 0.25) is 0 Å². The zero-order chi connectivity index (χ0) is 22.0. The molecule has 0 saturated carbocycles. The van der Waals surface area contributed by atoms with E-state index in [0.29, 0.717) is 55.2 Å². The first-order valence-corrected chi connectivity index (χ1v) is 11.4. The fourth-order valence-electron chi connectivity index (χ4n) is 3.38. The lowest BCUT2D eigenvalue weighted by molar-refractivity contribution is -0.118. The van der Waals surface area contributed by atoms with Gasteiger partial charge in [-0.2, -0.15) is 0 Å². The highest BCUT2D eigenvalue weighted by molar-refractivity contribution is 9.11. The number of hydrogen-bond donors (Lipinski definition) is 2. The number of unbranched alkanes of at least 4 members (excludes halogenated alkanes) is 1. The first kappa shape index (κ1) is 22.6. The van der Waals surface area contributed by atoms with Crippen LogP contribution in [-0.2, 0) is 17.6 Å². The van der Waals surface area contributed by atoms with Crippen molar-refractivity contribution in [3.63, 3.8) is 0 Å². The fourth-order valence-corrected chi connectivity index (χ4v) is 4.57. The highest BCUT2D eigenvalue weighted by Gasteiger charge is 2.24. The van der Waals surface area contributed by atoms with Crippen molar-refractivity contribution >= 4 is 54.4 Å². The molecule has 0 bridgehead atoms. The molecule has 5 nitrogen and oxygen atoms in total. The number of benzene rings is 2. The van der Waals surface area contributed by atoms with E-state index in [9.17, 15) is 19.8 Å². The van der Waals surface area contributed by atoms with Gasteiger partial charge in [-0.25, -0.2) is 0 Å². The van der Waals surface area contributed by atoms with Crippen molar-refractivity contribution in [2.45, 2.75) is 46.0 Å². The number of Topliss-reactive ketones (excluding diaryl/α,β-unsaturated/α-hetero) is 1. The van der Waals surface area contributed by atoms with Crippen molar-refractivity contribution in [3.8, 4) is 11.5 Å². The van der Waals surface area contributed by atoms with Gasteiger partial charge in [0.2, 0.25) is 0 Å². The molecule has 158 valence electrons. The Morgan fingerprint density at radius 2 is 1.70 bits per heavy atom. The number of fused-ring (bicyclic) bond motifs is 1. The van der Waals surface area contributed by atoms with Crippen LogP contribution in [0.1, 0.15) is 60.4 Å². The van der Waals surface area contributed by atoms with E-state index in [-0.39, 0.29) is 29.5 Å². The van der Waals surface area contributed by atoms with Crippen molar-refractivity contribution < 1.29 is 24.2 Å². The number of ketones is 2. The molecule has 1 heterocycles. The Balaban J connectivity index is 2.06. The lowest BCUT2D eigenvalue weighted by Gasteiger charge is -2.07. The second-order valence-electron chi connectivity index (χ2n) is 7.17. The van der Waals surface area contributed by atoms with Crippen LogP contribution in [0.5, 0.6) is 11.5 Å². The smallest absolute Gasteiger partial charge is 0.197 e. The van der Waals surface area contributed by atoms with Crippen LogP contribution < -0.4 is 0 Å². The molecule has 7 heteroatoms. The average Bonchev–Trinajstić information content (AvgIpc) is 3.06. The van der Waals surface area contributed by atoms with E-state index < -0.39 is 0 Å². The number of hydrogen-bond acceptors (Lipinski definition) is 5. The van der Waals surface area contributed by atoms with Crippen molar-refractivity contribution in [1.29, 1.82) is 0 Å². The molecular weight excluding hydrogens is 516 g/mol. The van der Waals surface area contributed by atoms with E-state index >= 15 is 0 Å². The van der Waals surface area contributed by atoms with Crippen LogP contribution in [0, 0.1) is 0 Å². The van der Waals surface area contributed by atoms with Crippen LogP contribution >= 0.6 is 31.9 Å². The summed E-state index contributed by atoms with van der Waals surface area (Å²) in [5.74, 6) is 0.262. The van der Waals surface area contributed by atoms with Crippen LogP contribution in [0.25, 0.3) is 11.0 Å². The minimum atomic E-state index is -0.279. The zero-order valence-electron chi connectivity index (χ0n) is 16.7. The number of halogens is 2. The highest BCUT2D eigenvalue weighted by atomic mass is 79.9. The Morgan fingerprint density at radius 1 is 1.03 bits per heavy atom. The first-order chi connectivity index (χ1) is 14.3. The maximum absolute atomic E-state index is 13.3. The van der Waals surface area contributed by atoms with Crippen molar-refractivity contribution in [1.82, 2.24) is 0 Å². The second-order valence-corrected chi connectivity index (χ2v) is 8.88. The van der Waals surface area contributed by atoms with Gasteiger partial charge in [0.05, 0.1) is 14.5 Å². The highest BCUT2D eigenvalue weighted by Crippen LogP contribution is 2.37. The summed E-state index contributed by atoms with van der Waals surface area (Å²) in [7, 11) is 0. The van der Waals surface area contributed by atoms with Crippen molar-refractivity contribution in [3.05, 3.63) is 55.7 Å². The Morgan fingerprint density at radius 3 is 2.30 bits per heavy atom. The molecule has 0 aliphatic rings. The second kappa shape index (κ2) is 9.35. The van der Waals surface area contributed by atoms with E-state index in [1.807, 2.05) is 13.8 Å². The van der Waals surface area contributed by atoms with Gasteiger partial charge in [-0.1, -0.05) is 20.3 Å². The van der Waals surface area contributed by atoms with Crippen LogP contribution in [0.3, 0.4) is 0 Å². The van der Waals surface area contributed by atoms with Gasteiger partial charge in [-0.3, -0.25) is 9.59 Å². The largest absolute Gasteiger partial charge is 0.508 e. The number of phenols is 2. The van der Waals surface area contributed by atoms with Gasteiger partial charge in [0.1, 0.15) is 28.6 Å². The number of furan rings is 1. The monoisotopic (exact) mass is 536 g/mol. The summed E-state index contributed by atoms with van der Waals surface area (Å²) < 4.78 is 6.70. The van der Waals surface area contributed by atoms with Crippen LogP contribution in [0.15, 0.2) is 37.6 Å². The number of aromatic hydroxyl groups is 2. The van der Waals surface area contributed by atoms with Crippen LogP contribution in [0.4, 0.5) is 0 Å². The summed E-state index contributed by atoms with van der Waals surface area (Å²) >= 11 is 6.50. The van der Waals surface area contributed by atoms with E-state index in [1.54, 1.807) is 18.2 Å². The Hall–Kier alpha value is -2.12.